The molecule has 2 rings (SSSR count). The highest BCUT2D eigenvalue weighted by Crippen LogP contribution is 2.02. The number of carbonyl (C=O) groups is 1. The van der Waals surface area contributed by atoms with Gasteiger partial charge in [-0.2, -0.15) is 0 Å². The maximum absolute atomic E-state index is 11.7. The fraction of sp³-hybridized carbons (Fsp3) is 0.231. The average molecular weight is 257 g/mol. The fourth-order valence-corrected chi connectivity index (χ4v) is 1.56. The molecule has 1 amide bonds. The zero-order valence-electron chi connectivity index (χ0n) is 10.6. The number of nitrogens with zero attached hydrogens (tertiary/aromatic N) is 3. The summed E-state index contributed by atoms with van der Waals surface area (Å²) in [6.45, 7) is 2.20. The molecule has 0 saturated carbocycles. The van der Waals surface area contributed by atoms with E-state index in [9.17, 15) is 4.79 Å². The second-order valence-electron chi connectivity index (χ2n) is 4.13. The predicted octanol–water partition coefficient (Wildman–Crippen LogP) is 0.621. The van der Waals surface area contributed by atoms with Crippen molar-refractivity contribution in [3.8, 4) is 0 Å². The predicted molar refractivity (Wildman–Crippen MR) is 71.0 cm³/mol. The quantitative estimate of drug-likeness (QED) is 0.837. The lowest BCUT2D eigenvalue weighted by atomic mass is 10.2. The van der Waals surface area contributed by atoms with Gasteiger partial charge in [-0.15, -0.1) is 0 Å². The number of aryl methyl sites for hydroxylation is 1. The number of nitrogen functional groups attached to an aromatic ring is 1. The van der Waals surface area contributed by atoms with E-state index < -0.39 is 0 Å². The molecule has 98 valence electrons. The molecule has 19 heavy (non-hydrogen) atoms. The Labute approximate surface area is 111 Å². The molecule has 0 unspecified atom stereocenters. The van der Waals surface area contributed by atoms with E-state index in [1.165, 1.54) is 6.20 Å². The smallest absolute Gasteiger partial charge is 0.226 e. The van der Waals surface area contributed by atoms with Crippen molar-refractivity contribution in [3.05, 3.63) is 47.8 Å². The lowest BCUT2D eigenvalue weighted by Crippen LogP contribution is -2.25. The number of hydrogen-bond donors (Lipinski definition) is 2. The first-order valence-electron chi connectivity index (χ1n) is 5.89. The molecule has 0 aliphatic rings. The van der Waals surface area contributed by atoms with Crippen LogP contribution in [0.2, 0.25) is 0 Å². The molecule has 0 spiro atoms. The number of rotatable bonds is 4. The Morgan fingerprint density at radius 1 is 1.26 bits per heavy atom. The third-order valence-corrected chi connectivity index (χ3v) is 2.49. The van der Waals surface area contributed by atoms with Crippen molar-refractivity contribution < 1.29 is 4.79 Å². The number of amides is 1. The summed E-state index contributed by atoms with van der Waals surface area (Å²) in [6, 6.07) is 5.24. The van der Waals surface area contributed by atoms with Gasteiger partial charge in [0, 0.05) is 11.9 Å². The van der Waals surface area contributed by atoms with Crippen LogP contribution in [-0.4, -0.2) is 20.9 Å². The van der Waals surface area contributed by atoms with Crippen LogP contribution in [0, 0.1) is 6.92 Å². The van der Waals surface area contributed by atoms with E-state index in [1.54, 1.807) is 24.4 Å². The van der Waals surface area contributed by atoms with Gasteiger partial charge in [-0.05, 0) is 25.1 Å². The summed E-state index contributed by atoms with van der Waals surface area (Å²) in [6.07, 6.45) is 3.44. The molecule has 0 saturated heterocycles. The van der Waals surface area contributed by atoms with E-state index in [2.05, 4.69) is 20.3 Å². The van der Waals surface area contributed by atoms with E-state index in [-0.39, 0.29) is 12.3 Å². The van der Waals surface area contributed by atoms with Crippen LogP contribution < -0.4 is 11.1 Å². The van der Waals surface area contributed by atoms with Crippen molar-refractivity contribution >= 4 is 11.6 Å². The summed E-state index contributed by atoms with van der Waals surface area (Å²) in [5.74, 6) is 0.584. The van der Waals surface area contributed by atoms with Crippen molar-refractivity contribution in [2.75, 3.05) is 5.73 Å². The van der Waals surface area contributed by atoms with Crippen LogP contribution >= 0.6 is 0 Å². The number of hydrogen-bond acceptors (Lipinski definition) is 5. The second kappa shape index (κ2) is 5.90. The molecule has 6 heteroatoms. The minimum absolute atomic E-state index is 0.103. The number of aromatic nitrogens is 3. The van der Waals surface area contributed by atoms with Crippen LogP contribution in [0.25, 0.3) is 0 Å². The molecule has 0 fully saturated rings. The Bertz CT molecular complexity index is 568. The monoisotopic (exact) mass is 257 g/mol. The molecular weight excluding hydrogens is 242 g/mol. The van der Waals surface area contributed by atoms with Crippen molar-refractivity contribution in [1.82, 2.24) is 20.3 Å². The number of anilines is 1. The normalized spacial score (nSPS) is 10.2. The Hall–Kier alpha value is -2.50. The Morgan fingerprint density at radius 3 is 2.79 bits per heavy atom. The van der Waals surface area contributed by atoms with Gasteiger partial charge in [0.25, 0.3) is 0 Å². The summed E-state index contributed by atoms with van der Waals surface area (Å²) < 4.78 is 0. The largest absolute Gasteiger partial charge is 0.397 e. The van der Waals surface area contributed by atoms with E-state index in [4.69, 9.17) is 5.73 Å². The molecular formula is C13H15N5O. The Balaban J connectivity index is 1.86. The summed E-state index contributed by atoms with van der Waals surface area (Å²) in [4.78, 5) is 24.0. The van der Waals surface area contributed by atoms with Crippen molar-refractivity contribution in [2.45, 2.75) is 19.9 Å². The molecule has 2 aromatic heterocycles. The van der Waals surface area contributed by atoms with Gasteiger partial charge < -0.3 is 11.1 Å². The first-order chi connectivity index (χ1) is 9.13. The first-order valence-corrected chi connectivity index (χ1v) is 5.89. The molecule has 0 radical (unpaired) electrons. The molecule has 6 nitrogen and oxygen atoms in total. The van der Waals surface area contributed by atoms with Gasteiger partial charge in [0.15, 0.2) is 0 Å². The van der Waals surface area contributed by atoms with Gasteiger partial charge >= 0.3 is 0 Å². The van der Waals surface area contributed by atoms with Gasteiger partial charge in [-0.1, -0.05) is 0 Å². The van der Waals surface area contributed by atoms with Crippen LogP contribution in [-0.2, 0) is 17.8 Å². The Kier molecular flexibility index (Phi) is 4.02. The lowest BCUT2D eigenvalue weighted by Gasteiger charge is -2.05. The van der Waals surface area contributed by atoms with Crippen molar-refractivity contribution in [3.63, 3.8) is 0 Å². The molecule has 0 atom stereocenters. The van der Waals surface area contributed by atoms with E-state index in [0.29, 0.717) is 23.8 Å². The molecule has 0 aromatic carbocycles. The van der Waals surface area contributed by atoms with Crippen LogP contribution in [0.15, 0.2) is 30.6 Å². The highest BCUT2D eigenvalue weighted by Gasteiger charge is 2.05. The van der Waals surface area contributed by atoms with Crippen molar-refractivity contribution in [2.24, 2.45) is 0 Å². The third kappa shape index (κ3) is 4.02. The van der Waals surface area contributed by atoms with Crippen LogP contribution in [0.5, 0.6) is 0 Å². The van der Waals surface area contributed by atoms with Gasteiger partial charge in [-0.3, -0.25) is 9.78 Å². The van der Waals surface area contributed by atoms with E-state index >= 15 is 0 Å². The summed E-state index contributed by atoms with van der Waals surface area (Å²) in [5.41, 5.74) is 7.58. The zero-order valence-corrected chi connectivity index (χ0v) is 10.6. The number of pyridine rings is 1. The highest BCUT2D eigenvalue weighted by atomic mass is 16.1. The van der Waals surface area contributed by atoms with Gasteiger partial charge in [-0.25, -0.2) is 9.97 Å². The topological polar surface area (TPSA) is 93.8 Å². The molecule has 2 heterocycles. The number of carbonyl (C=O) groups excluding carboxylic acids is 1. The fourth-order valence-electron chi connectivity index (χ4n) is 1.56. The lowest BCUT2D eigenvalue weighted by molar-refractivity contribution is -0.120. The second-order valence-corrected chi connectivity index (χ2v) is 4.13. The summed E-state index contributed by atoms with van der Waals surface area (Å²) >= 11 is 0. The highest BCUT2D eigenvalue weighted by molar-refractivity contribution is 5.78. The standard InChI is InChI=1S/C13H15N5O/c1-9-15-5-4-12(18-9)8-17-13(19)6-11-3-2-10(14)7-16-11/h2-5,7H,6,8,14H2,1H3,(H,17,19). The van der Waals surface area contributed by atoms with Crippen LogP contribution in [0.3, 0.4) is 0 Å². The minimum Gasteiger partial charge on any atom is -0.397 e. The van der Waals surface area contributed by atoms with Gasteiger partial charge in [0.1, 0.15) is 5.82 Å². The van der Waals surface area contributed by atoms with Crippen LogP contribution in [0.4, 0.5) is 5.69 Å². The SMILES string of the molecule is Cc1nccc(CNC(=O)Cc2ccc(N)cn2)n1. The minimum atomic E-state index is -0.103. The number of nitrogens with one attached hydrogen (secondary N) is 1. The molecule has 0 bridgehead atoms. The number of nitrogens with two attached hydrogens (primary N) is 1. The van der Waals surface area contributed by atoms with Gasteiger partial charge in [0.2, 0.25) is 5.91 Å². The molecule has 0 aliphatic heterocycles. The Morgan fingerprint density at radius 2 is 2.11 bits per heavy atom. The molecule has 0 aliphatic carbocycles. The van der Waals surface area contributed by atoms with Crippen molar-refractivity contribution in [1.29, 1.82) is 0 Å². The molecule has 2 aromatic rings. The first kappa shape index (κ1) is 12.9. The average Bonchev–Trinajstić information content (AvgIpc) is 2.39. The van der Waals surface area contributed by atoms with E-state index in [1.807, 2.05) is 6.92 Å². The summed E-state index contributed by atoms with van der Waals surface area (Å²) in [7, 11) is 0. The summed E-state index contributed by atoms with van der Waals surface area (Å²) in [5, 5.41) is 2.79. The van der Waals surface area contributed by atoms with E-state index in [0.717, 1.165) is 5.69 Å². The maximum Gasteiger partial charge on any atom is 0.226 e. The molecule has 3 N–H and O–H groups in total. The van der Waals surface area contributed by atoms with Gasteiger partial charge in [0.05, 0.1) is 30.5 Å². The van der Waals surface area contributed by atoms with Crippen LogP contribution in [0.1, 0.15) is 17.2 Å². The third-order valence-electron chi connectivity index (χ3n) is 2.49. The zero-order chi connectivity index (χ0) is 13.7. The maximum atomic E-state index is 11.7.